The van der Waals surface area contributed by atoms with Gasteiger partial charge in [0.1, 0.15) is 17.8 Å². The lowest BCUT2D eigenvalue weighted by atomic mass is 9.86. The lowest BCUT2D eigenvalue weighted by Crippen LogP contribution is -2.51. The Morgan fingerprint density at radius 2 is 1.36 bits per heavy atom. The summed E-state index contributed by atoms with van der Waals surface area (Å²) >= 11 is 0. The molecule has 9 nitrogen and oxygen atoms in total. The summed E-state index contributed by atoms with van der Waals surface area (Å²) in [6.07, 6.45) is 11.1. The summed E-state index contributed by atoms with van der Waals surface area (Å²) in [5.41, 5.74) is 4.87. The van der Waals surface area contributed by atoms with Crippen molar-refractivity contribution in [3.8, 4) is 28.3 Å². The third kappa shape index (κ3) is 11.3. The second-order valence-corrected chi connectivity index (χ2v) is 13.8. The van der Waals surface area contributed by atoms with Crippen molar-refractivity contribution in [2.75, 3.05) is 6.61 Å². The normalized spacial score (nSPS) is 12.5. The van der Waals surface area contributed by atoms with Crippen molar-refractivity contribution >= 4 is 17.8 Å². The number of ether oxygens (including phenoxy) is 1. The lowest BCUT2D eigenvalue weighted by molar-refractivity contribution is -0.141. The highest BCUT2D eigenvalue weighted by atomic mass is 16.5. The molecule has 0 spiro atoms. The molecule has 4 rings (SSSR count). The molecule has 264 valence electrons. The Bertz CT molecular complexity index is 1680. The van der Waals surface area contributed by atoms with Gasteiger partial charge in [-0.3, -0.25) is 14.4 Å². The third-order valence-corrected chi connectivity index (χ3v) is 8.62. The number of rotatable bonds is 17. The molecule has 2 amide bonds. The standard InChI is InChI=1S/C41H50N4O5/c1-6-7-8-9-10-11-24-50-35-22-18-30(19-23-35)33-26-42-37(43-27-33)31-14-12-29(13-15-31)25-36(39(47)44-28(2)40(48)49)45-38(46)32-16-20-34(21-17-32)41(3,4)5/h12-23,26-28,36H,6-11,24-25H2,1-5H3,(H,44,47)(H,45,46)(H,48,49)/t28-,36+/m1/s1. The van der Waals surface area contributed by atoms with Gasteiger partial charge in [0.25, 0.3) is 5.91 Å². The van der Waals surface area contributed by atoms with E-state index in [0.717, 1.165) is 46.6 Å². The van der Waals surface area contributed by atoms with E-state index in [1.165, 1.54) is 39.0 Å². The summed E-state index contributed by atoms with van der Waals surface area (Å²) in [7, 11) is 0. The van der Waals surface area contributed by atoms with Gasteiger partial charge >= 0.3 is 5.97 Å². The van der Waals surface area contributed by atoms with E-state index in [1.54, 1.807) is 24.5 Å². The second kappa shape index (κ2) is 18.1. The summed E-state index contributed by atoms with van der Waals surface area (Å²) in [6, 6.07) is 20.5. The van der Waals surface area contributed by atoms with Crippen LogP contribution in [0.2, 0.25) is 0 Å². The highest BCUT2D eigenvalue weighted by molar-refractivity contribution is 5.98. The van der Waals surface area contributed by atoms with Crippen LogP contribution in [-0.2, 0) is 21.4 Å². The number of carboxylic acid groups (broad SMARTS) is 1. The van der Waals surface area contributed by atoms with Crippen molar-refractivity contribution in [1.29, 1.82) is 0 Å². The third-order valence-electron chi connectivity index (χ3n) is 8.62. The van der Waals surface area contributed by atoms with Crippen LogP contribution < -0.4 is 15.4 Å². The van der Waals surface area contributed by atoms with Gasteiger partial charge in [0.2, 0.25) is 5.91 Å². The molecule has 2 atom stereocenters. The first-order valence-electron chi connectivity index (χ1n) is 17.5. The van der Waals surface area contributed by atoms with Crippen molar-refractivity contribution in [2.45, 2.75) is 97.1 Å². The number of aromatic nitrogens is 2. The molecule has 0 saturated carbocycles. The van der Waals surface area contributed by atoms with Crippen LogP contribution in [0.15, 0.2) is 85.2 Å². The van der Waals surface area contributed by atoms with E-state index in [4.69, 9.17) is 4.74 Å². The summed E-state index contributed by atoms with van der Waals surface area (Å²) in [5, 5.41) is 14.6. The first kappa shape index (κ1) is 37.8. The maximum absolute atomic E-state index is 13.2. The number of carbonyl (C=O) groups excluding carboxylic acids is 2. The average Bonchev–Trinajstić information content (AvgIpc) is 3.11. The smallest absolute Gasteiger partial charge is 0.325 e. The molecular weight excluding hydrogens is 628 g/mol. The topological polar surface area (TPSA) is 131 Å². The molecule has 0 fully saturated rings. The van der Waals surface area contributed by atoms with Crippen molar-refractivity contribution < 1.29 is 24.2 Å². The number of hydrogen-bond acceptors (Lipinski definition) is 6. The molecule has 50 heavy (non-hydrogen) atoms. The predicted octanol–water partition coefficient (Wildman–Crippen LogP) is 7.78. The Morgan fingerprint density at radius 1 is 0.760 bits per heavy atom. The van der Waals surface area contributed by atoms with Crippen LogP contribution in [0, 0.1) is 0 Å². The Balaban J connectivity index is 1.38. The molecule has 4 aromatic rings. The van der Waals surface area contributed by atoms with E-state index in [0.29, 0.717) is 11.4 Å². The van der Waals surface area contributed by atoms with Crippen LogP contribution in [0.4, 0.5) is 0 Å². The number of carbonyl (C=O) groups is 3. The monoisotopic (exact) mass is 678 g/mol. The zero-order chi connectivity index (χ0) is 36.1. The van der Waals surface area contributed by atoms with Gasteiger partial charge in [0.05, 0.1) is 6.61 Å². The summed E-state index contributed by atoms with van der Waals surface area (Å²) in [5.74, 6) is -0.767. The number of carboxylic acids is 1. The van der Waals surface area contributed by atoms with Crippen LogP contribution in [0.5, 0.6) is 5.75 Å². The minimum Gasteiger partial charge on any atom is -0.494 e. The number of nitrogens with one attached hydrogen (secondary N) is 2. The van der Waals surface area contributed by atoms with Crippen molar-refractivity contribution in [1.82, 2.24) is 20.6 Å². The van der Waals surface area contributed by atoms with E-state index in [9.17, 15) is 19.5 Å². The molecule has 9 heteroatoms. The van der Waals surface area contributed by atoms with Crippen molar-refractivity contribution in [3.63, 3.8) is 0 Å². The fourth-order valence-corrected chi connectivity index (χ4v) is 5.42. The maximum atomic E-state index is 13.2. The Labute approximate surface area is 295 Å². The van der Waals surface area contributed by atoms with Gasteiger partial charge in [-0.05, 0) is 59.7 Å². The SMILES string of the molecule is CCCCCCCCOc1ccc(-c2cnc(-c3ccc(C[C@H](NC(=O)c4ccc(C(C)(C)C)cc4)C(=O)N[C@H](C)C(=O)O)cc3)nc2)cc1. The number of unbranched alkanes of at least 4 members (excludes halogenated alkanes) is 5. The number of aliphatic carboxylic acids is 1. The van der Waals surface area contributed by atoms with E-state index in [1.807, 2.05) is 60.7 Å². The molecule has 0 unspecified atom stereocenters. The maximum Gasteiger partial charge on any atom is 0.325 e. The molecule has 1 heterocycles. The predicted molar refractivity (Wildman–Crippen MR) is 197 cm³/mol. The summed E-state index contributed by atoms with van der Waals surface area (Å²) < 4.78 is 5.91. The van der Waals surface area contributed by atoms with Crippen LogP contribution in [-0.4, -0.2) is 51.5 Å². The number of hydrogen-bond donors (Lipinski definition) is 3. The van der Waals surface area contributed by atoms with Crippen LogP contribution in [0.3, 0.4) is 0 Å². The van der Waals surface area contributed by atoms with Crippen LogP contribution >= 0.6 is 0 Å². The van der Waals surface area contributed by atoms with Gasteiger partial charge < -0.3 is 20.5 Å². The molecule has 1 aromatic heterocycles. The largest absolute Gasteiger partial charge is 0.494 e. The van der Waals surface area contributed by atoms with Crippen molar-refractivity contribution in [3.05, 3.63) is 102 Å². The first-order valence-corrected chi connectivity index (χ1v) is 17.5. The highest BCUT2D eigenvalue weighted by Crippen LogP contribution is 2.25. The quantitative estimate of drug-likeness (QED) is 0.0973. The Morgan fingerprint density at radius 3 is 1.96 bits per heavy atom. The van der Waals surface area contributed by atoms with E-state index >= 15 is 0 Å². The number of amides is 2. The minimum atomic E-state index is -1.17. The second-order valence-electron chi connectivity index (χ2n) is 13.8. The van der Waals surface area contributed by atoms with Gasteiger partial charge in [-0.1, -0.05) is 108 Å². The fraction of sp³-hybridized carbons (Fsp3) is 0.390. The molecular formula is C41H50N4O5. The number of benzene rings is 3. The zero-order valence-electron chi connectivity index (χ0n) is 29.9. The molecule has 0 saturated heterocycles. The van der Waals surface area contributed by atoms with Gasteiger partial charge in [0.15, 0.2) is 5.82 Å². The number of nitrogens with zero attached hydrogens (tertiary/aromatic N) is 2. The average molecular weight is 679 g/mol. The van der Waals surface area contributed by atoms with Gasteiger partial charge in [0, 0.05) is 35.5 Å². The molecule has 0 radical (unpaired) electrons. The fourth-order valence-electron chi connectivity index (χ4n) is 5.42. The minimum absolute atomic E-state index is 0.0713. The summed E-state index contributed by atoms with van der Waals surface area (Å²) in [4.78, 5) is 46.9. The van der Waals surface area contributed by atoms with E-state index in [-0.39, 0.29) is 11.8 Å². The van der Waals surface area contributed by atoms with Gasteiger partial charge in [-0.15, -0.1) is 0 Å². The summed E-state index contributed by atoms with van der Waals surface area (Å²) in [6.45, 7) is 10.6. The molecule has 0 aliphatic rings. The van der Waals surface area contributed by atoms with Crippen LogP contribution in [0.25, 0.3) is 22.5 Å². The van der Waals surface area contributed by atoms with Crippen LogP contribution in [0.1, 0.15) is 94.6 Å². The van der Waals surface area contributed by atoms with Gasteiger partial charge in [-0.25, -0.2) is 9.97 Å². The first-order chi connectivity index (χ1) is 23.9. The lowest BCUT2D eigenvalue weighted by Gasteiger charge is -2.21. The van der Waals surface area contributed by atoms with Crippen molar-refractivity contribution in [2.24, 2.45) is 0 Å². The molecule has 0 aliphatic heterocycles. The highest BCUT2D eigenvalue weighted by Gasteiger charge is 2.25. The molecule has 0 bridgehead atoms. The molecule has 0 aliphatic carbocycles. The Kier molecular flexibility index (Phi) is 13.7. The van der Waals surface area contributed by atoms with E-state index in [2.05, 4.69) is 48.3 Å². The van der Waals surface area contributed by atoms with E-state index < -0.39 is 29.9 Å². The Hall–Kier alpha value is -5.05. The molecule has 3 aromatic carbocycles. The molecule has 3 N–H and O–H groups in total. The zero-order valence-corrected chi connectivity index (χ0v) is 29.9. The van der Waals surface area contributed by atoms with Gasteiger partial charge in [-0.2, -0.15) is 0 Å².